The Bertz CT molecular complexity index is 2550. The standard InChI is InChI=1S/C39H72O5.C34H62O5.C21H38O4.C16H28O4/c1-4-7-9-23-30-36(40)31-24-19-15-11-12-16-20-26-33-38(41)43-35-28-22-18-14-13-17-21-27-34-39(42)44-37(29-6-3)32-25-10-8-5-2;1-4-7-9-18-25-31(35)26-19-15-13-11-12-14-16-21-28-33(36)38-30-23-17-22-29-34(37)39-32(24-6-3)27-20-10-8-5-2;1-2-3-4-5-8-12-15-18-21(24)25-19-16-13-10-7-6-9-11-14-17-20(22)23;1-2-3-4-5-6-7-10-13-16(19)20-14-11-8-9-12-15(17)18/h6,19,24,36-37,40H,3-5,7-18,20-23,25-35H2,1-2H3;6,15,19,31-32,35H,3-5,7-14,16-18,20-30H2,1-2H3;2H,1,3-19H2,(H,22,23);2H,1,3-14H2,(H,17,18)/b24-19-;19-15-;;. The van der Waals surface area contributed by atoms with Crippen LogP contribution in [0, 0.1) is 0 Å². The van der Waals surface area contributed by atoms with Crippen LogP contribution in [0.2, 0.25) is 0 Å². The molecule has 0 aromatic rings. The Balaban J connectivity index is -0.000000836. The predicted octanol–water partition coefficient (Wildman–Crippen LogP) is 31.2. The summed E-state index contributed by atoms with van der Waals surface area (Å²) in [5.74, 6) is -1.99. The van der Waals surface area contributed by atoms with Gasteiger partial charge in [-0.05, 0) is 193 Å². The Morgan fingerprint density at radius 2 is 0.438 bits per heavy atom. The van der Waals surface area contributed by atoms with Gasteiger partial charge in [0.15, 0.2) is 0 Å². The van der Waals surface area contributed by atoms with Crippen molar-refractivity contribution < 1.29 is 87.2 Å². The lowest BCUT2D eigenvalue weighted by atomic mass is 10.1. The average Bonchev–Trinajstić information content (AvgIpc) is 0.969. The lowest BCUT2D eigenvalue weighted by molar-refractivity contribution is -0.150. The number of carboxylic acids is 2. The topological polar surface area (TPSA) is 273 Å². The first kappa shape index (κ1) is 128. The van der Waals surface area contributed by atoms with E-state index in [0.717, 1.165) is 270 Å². The van der Waals surface area contributed by atoms with E-state index in [9.17, 15) is 48.6 Å². The number of carbonyl (C=O) groups excluding carboxylic acids is 6. The maximum Gasteiger partial charge on any atom is 0.306 e. The highest BCUT2D eigenvalue weighted by Crippen LogP contribution is 2.21. The summed E-state index contributed by atoms with van der Waals surface area (Å²) in [6.07, 6.45) is 93.7. The summed E-state index contributed by atoms with van der Waals surface area (Å²) in [5.41, 5.74) is 0. The molecule has 0 radical (unpaired) electrons. The minimum Gasteiger partial charge on any atom is -0.481 e. The van der Waals surface area contributed by atoms with Crippen molar-refractivity contribution in [2.75, 3.05) is 26.4 Å². The Kier molecular flexibility index (Phi) is 110. The van der Waals surface area contributed by atoms with E-state index in [1.165, 1.54) is 173 Å². The van der Waals surface area contributed by atoms with Gasteiger partial charge in [-0.3, -0.25) is 38.4 Å². The first-order valence-electron chi connectivity index (χ1n) is 52.9. The second kappa shape index (κ2) is 110. The van der Waals surface area contributed by atoms with E-state index in [0.29, 0.717) is 77.8 Å². The zero-order chi connectivity index (χ0) is 94.8. The number of carboxylic acid groups (broad SMARTS) is 2. The van der Waals surface area contributed by atoms with Gasteiger partial charge in [0.2, 0.25) is 0 Å². The second-order valence-corrected chi connectivity index (χ2v) is 35.6. The highest BCUT2D eigenvalue weighted by Gasteiger charge is 2.16. The van der Waals surface area contributed by atoms with Gasteiger partial charge in [0.1, 0.15) is 12.2 Å². The van der Waals surface area contributed by atoms with Crippen LogP contribution in [0.5, 0.6) is 0 Å². The molecule has 748 valence electrons. The molecule has 0 fully saturated rings. The lowest BCUT2D eigenvalue weighted by Gasteiger charge is -2.16. The summed E-state index contributed by atoms with van der Waals surface area (Å²) in [6.45, 7) is 25.7. The zero-order valence-corrected chi connectivity index (χ0v) is 83.2. The normalized spacial score (nSPS) is 12.0. The van der Waals surface area contributed by atoms with Gasteiger partial charge in [-0.25, -0.2) is 0 Å². The summed E-state index contributed by atoms with van der Waals surface area (Å²) in [5, 5.41) is 37.0. The molecule has 0 rings (SSSR count). The number of ether oxygens (including phenoxy) is 6. The molecule has 128 heavy (non-hydrogen) atoms. The minimum atomic E-state index is -0.768. The van der Waals surface area contributed by atoms with Crippen LogP contribution in [0.3, 0.4) is 0 Å². The molecular formula is C110H200O18. The van der Waals surface area contributed by atoms with Crippen molar-refractivity contribution in [3.8, 4) is 0 Å². The highest BCUT2D eigenvalue weighted by molar-refractivity contribution is 5.71. The number of carbonyl (C=O) groups is 8. The molecule has 0 saturated carbocycles. The van der Waals surface area contributed by atoms with Crippen molar-refractivity contribution in [1.29, 1.82) is 0 Å². The van der Waals surface area contributed by atoms with Gasteiger partial charge in [-0.15, -0.1) is 26.3 Å². The summed E-state index contributed by atoms with van der Waals surface area (Å²) < 4.78 is 32.4. The Labute approximate surface area is 785 Å². The van der Waals surface area contributed by atoms with E-state index in [2.05, 4.69) is 78.3 Å². The molecule has 0 aliphatic carbocycles. The van der Waals surface area contributed by atoms with Gasteiger partial charge in [0.05, 0.1) is 38.6 Å². The molecule has 0 aliphatic rings. The van der Waals surface area contributed by atoms with Crippen molar-refractivity contribution in [1.82, 2.24) is 0 Å². The SMILES string of the molecule is C=CCC(CCCCCC)OC(=O)CCCCCCCCCCOC(=O)CCCCCCC/C=C\CC(O)CCCCCC.C=CCC(CCCCCC)OC(=O)CCCCCOC(=O)CCCCCCC/C=C\CC(O)CCCCCC.C=CCCCCCCCC(=O)OCCCCCC(=O)O.C=CCCCCCCCC(=O)OCCCCCCCCCCC(=O)O. The van der Waals surface area contributed by atoms with Gasteiger partial charge in [0.25, 0.3) is 0 Å². The van der Waals surface area contributed by atoms with Gasteiger partial charge in [-0.2, -0.15) is 0 Å². The summed E-state index contributed by atoms with van der Waals surface area (Å²) in [4.78, 5) is 91.8. The number of hydrogen-bond acceptors (Lipinski definition) is 16. The molecule has 18 nitrogen and oxygen atoms in total. The number of esters is 6. The van der Waals surface area contributed by atoms with Crippen molar-refractivity contribution >= 4 is 47.8 Å². The van der Waals surface area contributed by atoms with E-state index in [-0.39, 0.29) is 66.7 Å². The molecule has 4 unspecified atom stereocenters. The number of aliphatic hydroxyl groups excluding tert-OH is 2. The van der Waals surface area contributed by atoms with Gasteiger partial charge < -0.3 is 48.8 Å². The van der Waals surface area contributed by atoms with E-state index in [4.69, 9.17) is 38.6 Å². The van der Waals surface area contributed by atoms with Crippen LogP contribution >= 0.6 is 0 Å². The molecule has 0 aromatic carbocycles. The number of hydrogen-bond donors (Lipinski definition) is 4. The molecule has 0 aromatic heterocycles. The fourth-order valence-corrected chi connectivity index (χ4v) is 14.8. The second-order valence-electron chi connectivity index (χ2n) is 35.6. The Morgan fingerprint density at radius 1 is 0.227 bits per heavy atom. The molecule has 0 spiro atoms. The van der Waals surface area contributed by atoms with E-state index in [1.807, 2.05) is 24.3 Å². The number of aliphatic hydroxyl groups is 2. The Hall–Kier alpha value is -5.88. The predicted molar refractivity (Wildman–Crippen MR) is 533 cm³/mol. The fourth-order valence-electron chi connectivity index (χ4n) is 14.8. The van der Waals surface area contributed by atoms with E-state index in [1.54, 1.807) is 0 Å². The third kappa shape index (κ3) is 114. The summed E-state index contributed by atoms with van der Waals surface area (Å²) in [6, 6.07) is 0. The number of rotatable bonds is 96. The molecule has 18 heteroatoms. The van der Waals surface area contributed by atoms with Crippen molar-refractivity contribution in [3.05, 3.63) is 74.9 Å². The molecule has 4 atom stereocenters. The first-order chi connectivity index (χ1) is 62.4. The third-order valence-electron chi connectivity index (χ3n) is 22.9. The van der Waals surface area contributed by atoms with Crippen LogP contribution in [0.4, 0.5) is 0 Å². The first-order valence-corrected chi connectivity index (χ1v) is 52.9. The van der Waals surface area contributed by atoms with Gasteiger partial charge in [0, 0.05) is 64.2 Å². The molecule has 4 N–H and O–H groups in total. The third-order valence-corrected chi connectivity index (χ3v) is 22.9. The minimum absolute atomic E-state index is 0.00134. The van der Waals surface area contributed by atoms with Gasteiger partial charge in [-0.1, -0.05) is 320 Å². The number of unbranched alkanes of at least 4 members (excludes halogenated alkanes) is 50. The smallest absolute Gasteiger partial charge is 0.306 e. The van der Waals surface area contributed by atoms with Crippen LogP contribution < -0.4 is 0 Å². The number of aliphatic carboxylic acids is 2. The quantitative estimate of drug-likeness (QED) is 0.0191. The molecule has 0 aliphatic heterocycles. The van der Waals surface area contributed by atoms with Crippen LogP contribution in [0.15, 0.2) is 74.9 Å². The summed E-state index contributed by atoms with van der Waals surface area (Å²) in [7, 11) is 0. The van der Waals surface area contributed by atoms with Crippen LogP contribution in [0.1, 0.15) is 529 Å². The van der Waals surface area contributed by atoms with Crippen molar-refractivity contribution in [2.24, 2.45) is 0 Å². The van der Waals surface area contributed by atoms with E-state index < -0.39 is 11.9 Å². The largest absolute Gasteiger partial charge is 0.481 e. The Morgan fingerprint density at radius 3 is 0.688 bits per heavy atom. The number of allylic oxidation sites excluding steroid dienone is 4. The van der Waals surface area contributed by atoms with Crippen molar-refractivity contribution in [2.45, 2.75) is 553 Å². The maximum atomic E-state index is 12.2. The maximum absolute atomic E-state index is 12.2. The van der Waals surface area contributed by atoms with E-state index >= 15 is 0 Å². The summed E-state index contributed by atoms with van der Waals surface area (Å²) >= 11 is 0. The molecule has 0 heterocycles. The van der Waals surface area contributed by atoms with Gasteiger partial charge >= 0.3 is 47.8 Å². The molecular weight excluding hydrogens is 1610 g/mol. The zero-order valence-electron chi connectivity index (χ0n) is 83.2. The monoisotopic (exact) mass is 1810 g/mol. The van der Waals surface area contributed by atoms with Crippen LogP contribution in [-0.4, -0.2) is 119 Å². The van der Waals surface area contributed by atoms with Crippen LogP contribution in [0.25, 0.3) is 0 Å². The molecule has 0 bridgehead atoms. The van der Waals surface area contributed by atoms with Crippen LogP contribution in [-0.2, 0) is 66.8 Å². The fraction of sp³-hybridized carbons (Fsp3) is 0.818. The molecule has 0 amide bonds. The highest BCUT2D eigenvalue weighted by atomic mass is 16.6. The lowest BCUT2D eigenvalue weighted by Crippen LogP contribution is -2.17. The average molecular weight is 1810 g/mol. The van der Waals surface area contributed by atoms with Crippen molar-refractivity contribution in [3.63, 3.8) is 0 Å². The molecule has 0 saturated heterocycles.